The first-order chi connectivity index (χ1) is 14.2. The Kier molecular flexibility index (Phi) is 5.83. The fourth-order valence-corrected chi connectivity index (χ4v) is 2.68. The largest absolute Gasteiger partial charge is 0.444 e. The second-order valence-electron chi connectivity index (χ2n) is 7.55. The summed E-state index contributed by atoms with van der Waals surface area (Å²) in [4.78, 5) is 14.8. The van der Waals surface area contributed by atoms with Crippen molar-refractivity contribution in [1.29, 1.82) is 0 Å². The van der Waals surface area contributed by atoms with Gasteiger partial charge in [-0.2, -0.15) is 5.10 Å². The van der Waals surface area contributed by atoms with Gasteiger partial charge in [-0.25, -0.2) is 23.1 Å². The van der Waals surface area contributed by atoms with Crippen molar-refractivity contribution < 1.29 is 18.3 Å². The van der Waals surface area contributed by atoms with Crippen LogP contribution in [0.1, 0.15) is 26.3 Å². The Hall–Kier alpha value is -3.73. The van der Waals surface area contributed by atoms with Crippen LogP contribution in [0.4, 0.5) is 19.3 Å². The summed E-state index contributed by atoms with van der Waals surface area (Å²) < 4.78 is 34.9. The number of benzene rings is 2. The van der Waals surface area contributed by atoms with Gasteiger partial charge in [-0.3, -0.25) is 0 Å². The normalized spacial score (nSPS) is 11.1. The molecule has 3 aromatic rings. The van der Waals surface area contributed by atoms with Crippen molar-refractivity contribution in [2.75, 3.05) is 0 Å². The summed E-state index contributed by atoms with van der Waals surface area (Å²) in [6.07, 6.45) is 1.00. The van der Waals surface area contributed by atoms with E-state index < -0.39 is 23.3 Å². The van der Waals surface area contributed by atoms with Crippen molar-refractivity contribution in [3.05, 3.63) is 77.3 Å². The minimum atomic E-state index is -0.635. The lowest BCUT2D eigenvalue weighted by Crippen LogP contribution is -2.32. The number of hydrogen-bond acceptors (Lipinski definition) is 3. The first-order valence-electron chi connectivity index (χ1n) is 9.15. The van der Waals surface area contributed by atoms with Gasteiger partial charge in [0.15, 0.2) is 0 Å². The molecule has 0 saturated heterocycles. The fraction of sp³-hybridized carbons (Fsp3) is 0.227. The number of ether oxygens (including phenoxy) is 1. The van der Waals surface area contributed by atoms with Crippen LogP contribution in [0.15, 0.2) is 48.7 Å². The number of hydrogen-bond donors (Lipinski definition) is 1. The van der Waals surface area contributed by atoms with Crippen molar-refractivity contribution in [1.82, 2.24) is 15.1 Å². The number of nitrogens with zero attached hydrogens (tertiary/aromatic N) is 3. The SMILES string of the molecule is [C-]#[N+]c1ccc(-c2ccn(-c3ccc(CNC(=O)OC(C)(C)C)c(F)c3)n2)cc1F. The van der Waals surface area contributed by atoms with Crippen LogP contribution in [0.2, 0.25) is 0 Å². The molecule has 0 fully saturated rings. The van der Waals surface area contributed by atoms with E-state index in [9.17, 15) is 13.6 Å². The molecule has 1 N–H and O–H groups in total. The van der Waals surface area contributed by atoms with Crippen molar-refractivity contribution >= 4 is 11.8 Å². The number of amides is 1. The molecular formula is C22H20F2N4O2. The molecule has 0 spiro atoms. The molecule has 8 heteroatoms. The van der Waals surface area contributed by atoms with Crippen LogP contribution in [0.25, 0.3) is 21.8 Å². The number of carbonyl (C=O) groups excluding carboxylic acids is 1. The summed E-state index contributed by atoms with van der Waals surface area (Å²) in [6.45, 7) is 12.1. The average molecular weight is 410 g/mol. The predicted octanol–water partition coefficient (Wildman–Crippen LogP) is 5.39. The maximum Gasteiger partial charge on any atom is 0.407 e. The molecule has 0 aliphatic rings. The molecule has 2 aromatic carbocycles. The number of rotatable bonds is 4. The van der Waals surface area contributed by atoms with Gasteiger partial charge in [-0.1, -0.05) is 18.2 Å². The molecule has 154 valence electrons. The second-order valence-corrected chi connectivity index (χ2v) is 7.55. The van der Waals surface area contributed by atoms with Gasteiger partial charge >= 0.3 is 6.09 Å². The minimum absolute atomic E-state index is 0.0158. The molecule has 1 aromatic heterocycles. The van der Waals surface area contributed by atoms with Crippen molar-refractivity contribution in [2.24, 2.45) is 0 Å². The van der Waals surface area contributed by atoms with E-state index in [0.29, 0.717) is 22.5 Å². The molecule has 1 amide bonds. The van der Waals surface area contributed by atoms with Crippen molar-refractivity contribution in [3.63, 3.8) is 0 Å². The van der Waals surface area contributed by atoms with E-state index in [4.69, 9.17) is 11.3 Å². The smallest absolute Gasteiger partial charge is 0.407 e. The van der Waals surface area contributed by atoms with Crippen LogP contribution in [-0.4, -0.2) is 21.5 Å². The third-order valence-corrected chi connectivity index (χ3v) is 4.08. The Bertz CT molecular complexity index is 1130. The molecule has 3 rings (SSSR count). The summed E-state index contributed by atoms with van der Waals surface area (Å²) in [5, 5.41) is 6.86. The lowest BCUT2D eigenvalue weighted by Gasteiger charge is -2.19. The van der Waals surface area contributed by atoms with Gasteiger partial charge in [0.05, 0.1) is 18.0 Å². The fourth-order valence-electron chi connectivity index (χ4n) is 2.68. The lowest BCUT2D eigenvalue weighted by atomic mass is 10.1. The van der Waals surface area contributed by atoms with E-state index in [-0.39, 0.29) is 12.2 Å². The van der Waals surface area contributed by atoms with Crippen LogP contribution in [-0.2, 0) is 11.3 Å². The van der Waals surface area contributed by atoms with Gasteiger partial charge in [0.25, 0.3) is 0 Å². The molecule has 0 bridgehead atoms. The molecular weight excluding hydrogens is 390 g/mol. The Balaban J connectivity index is 1.73. The molecule has 0 saturated carbocycles. The lowest BCUT2D eigenvalue weighted by molar-refractivity contribution is 0.0523. The van der Waals surface area contributed by atoms with E-state index in [1.807, 2.05) is 0 Å². The zero-order valence-electron chi connectivity index (χ0n) is 16.7. The topological polar surface area (TPSA) is 60.5 Å². The Labute approximate surface area is 172 Å². The van der Waals surface area contributed by atoms with Crippen LogP contribution in [0.3, 0.4) is 0 Å². The van der Waals surface area contributed by atoms with E-state index in [0.717, 1.165) is 0 Å². The molecule has 30 heavy (non-hydrogen) atoms. The summed E-state index contributed by atoms with van der Waals surface area (Å²) >= 11 is 0. The zero-order chi connectivity index (χ0) is 21.9. The van der Waals surface area contributed by atoms with Gasteiger partial charge in [-0.05, 0) is 45.0 Å². The van der Waals surface area contributed by atoms with E-state index >= 15 is 0 Å². The molecule has 0 unspecified atom stereocenters. The summed E-state index contributed by atoms with van der Waals surface area (Å²) in [5.74, 6) is -1.13. The summed E-state index contributed by atoms with van der Waals surface area (Å²) in [6, 6.07) is 10.4. The first kappa shape index (κ1) is 21.0. The molecule has 0 atom stereocenters. The number of alkyl carbamates (subject to hydrolysis) is 1. The highest BCUT2D eigenvalue weighted by Gasteiger charge is 2.16. The van der Waals surface area contributed by atoms with Crippen LogP contribution >= 0.6 is 0 Å². The van der Waals surface area contributed by atoms with Gasteiger partial charge in [0.2, 0.25) is 5.69 Å². The van der Waals surface area contributed by atoms with Gasteiger partial charge < -0.3 is 10.1 Å². The third-order valence-electron chi connectivity index (χ3n) is 4.08. The van der Waals surface area contributed by atoms with Crippen molar-refractivity contribution in [2.45, 2.75) is 32.9 Å². The Morgan fingerprint density at radius 2 is 1.93 bits per heavy atom. The zero-order valence-corrected chi connectivity index (χ0v) is 16.7. The molecule has 0 aliphatic carbocycles. The number of nitrogens with one attached hydrogen (secondary N) is 1. The highest BCUT2D eigenvalue weighted by Crippen LogP contribution is 2.25. The Morgan fingerprint density at radius 3 is 2.57 bits per heavy atom. The second kappa shape index (κ2) is 8.33. The van der Waals surface area contributed by atoms with Crippen LogP contribution < -0.4 is 5.32 Å². The Morgan fingerprint density at radius 1 is 1.17 bits per heavy atom. The van der Waals surface area contributed by atoms with Crippen LogP contribution in [0, 0.1) is 18.2 Å². The standard InChI is InChI=1S/C22H20F2N4O2/c1-22(2,3)30-21(29)26-13-15-5-7-16(12-17(15)23)28-10-9-19(27-28)14-6-8-20(25-4)18(24)11-14/h5-12H,13H2,1-3H3,(H,26,29). The first-order valence-corrected chi connectivity index (χ1v) is 9.15. The highest BCUT2D eigenvalue weighted by molar-refractivity contribution is 5.67. The summed E-state index contributed by atoms with van der Waals surface area (Å²) in [5.41, 5.74) is 1.07. The maximum atomic E-state index is 14.5. The van der Waals surface area contributed by atoms with Gasteiger partial charge in [0.1, 0.15) is 17.2 Å². The van der Waals surface area contributed by atoms with Crippen LogP contribution in [0.5, 0.6) is 0 Å². The molecule has 0 aliphatic heterocycles. The van der Waals surface area contributed by atoms with E-state index in [1.54, 1.807) is 51.2 Å². The van der Waals surface area contributed by atoms with E-state index in [1.165, 1.54) is 22.9 Å². The minimum Gasteiger partial charge on any atom is -0.444 e. The van der Waals surface area contributed by atoms with Gasteiger partial charge in [-0.15, -0.1) is 0 Å². The quantitative estimate of drug-likeness (QED) is 0.587. The predicted molar refractivity (Wildman–Crippen MR) is 108 cm³/mol. The molecule has 1 heterocycles. The third kappa shape index (κ3) is 5.00. The summed E-state index contributed by atoms with van der Waals surface area (Å²) in [7, 11) is 0. The molecule has 6 nitrogen and oxygen atoms in total. The number of aromatic nitrogens is 2. The number of carbonyl (C=O) groups is 1. The monoisotopic (exact) mass is 410 g/mol. The average Bonchev–Trinajstić information content (AvgIpc) is 3.15. The maximum absolute atomic E-state index is 14.5. The highest BCUT2D eigenvalue weighted by atomic mass is 19.1. The number of halogens is 2. The van der Waals surface area contributed by atoms with Crippen molar-refractivity contribution in [3.8, 4) is 16.9 Å². The molecule has 0 radical (unpaired) electrons. The van der Waals surface area contributed by atoms with Gasteiger partial charge in [0, 0.05) is 23.9 Å². The van der Waals surface area contributed by atoms with E-state index in [2.05, 4.69) is 15.3 Å².